The van der Waals surface area contributed by atoms with E-state index in [1.165, 1.54) is 18.7 Å². The van der Waals surface area contributed by atoms with Crippen LogP contribution in [0.2, 0.25) is 0 Å². The third kappa shape index (κ3) is 32.6. The highest BCUT2D eigenvalue weighted by atomic mass is 16.4. The van der Waals surface area contributed by atoms with E-state index in [1.807, 2.05) is 18.2 Å². The van der Waals surface area contributed by atoms with Gasteiger partial charge in [-0.05, 0) is 87.3 Å². The molecule has 1 aromatic heterocycles. The number of amides is 12. The largest absolute Gasteiger partial charge is 0.480 e. The molecular weight excluding hydrogens is 1450 g/mol. The normalized spacial score (nSPS) is 16.6. The van der Waals surface area contributed by atoms with Gasteiger partial charge in [-0.15, -0.1) is 0 Å². The summed E-state index contributed by atoms with van der Waals surface area (Å²) in [5, 5.41) is 87.3. The lowest BCUT2D eigenvalue weighted by atomic mass is 9.96. The number of aliphatic hydroxyl groups is 4. The number of fused-ring (bicyclic) bond motifs is 1. The lowest BCUT2D eigenvalue weighted by Crippen LogP contribution is -2.62. The van der Waals surface area contributed by atoms with E-state index in [4.69, 9.17) is 11.5 Å². The Bertz CT molecular complexity index is 3570. The number of carboxylic acids is 2. The van der Waals surface area contributed by atoms with Crippen LogP contribution in [0.4, 0.5) is 0 Å². The fourth-order valence-corrected chi connectivity index (χ4v) is 13.1. The van der Waals surface area contributed by atoms with Crippen molar-refractivity contribution in [3.8, 4) is 0 Å². The van der Waals surface area contributed by atoms with Crippen molar-refractivity contribution >= 4 is 93.7 Å². The van der Waals surface area contributed by atoms with Crippen LogP contribution in [-0.2, 0) is 80.0 Å². The van der Waals surface area contributed by atoms with Crippen molar-refractivity contribution in [3.63, 3.8) is 0 Å². The third-order valence-electron chi connectivity index (χ3n) is 19.8. The second kappa shape index (κ2) is 49.0. The number of aliphatic hydroxyl groups excluding tert-OH is 4. The Morgan fingerprint density at radius 1 is 0.500 bits per heavy atom. The number of hydrogen-bond acceptors (Lipinski definition) is 19. The van der Waals surface area contributed by atoms with Crippen LogP contribution in [0.3, 0.4) is 0 Å². The number of hydrogen-bond donors (Lipinski definition) is 19. The Hall–Kier alpha value is -9.64. The van der Waals surface area contributed by atoms with Gasteiger partial charge in [0.1, 0.15) is 72.7 Å². The van der Waals surface area contributed by atoms with Crippen LogP contribution in [0, 0.1) is 17.8 Å². The molecule has 1 aliphatic rings. The van der Waals surface area contributed by atoms with Crippen molar-refractivity contribution in [3.05, 3.63) is 71.9 Å². The fourth-order valence-electron chi connectivity index (χ4n) is 13.1. The Morgan fingerprint density at radius 2 is 0.955 bits per heavy atom. The van der Waals surface area contributed by atoms with Gasteiger partial charge >= 0.3 is 11.9 Å². The number of aromatic amines is 1. The summed E-state index contributed by atoms with van der Waals surface area (Å²) >= 11 is 0. The number of carboxylic acid groups (broad SMARTS) is 2. The summed E-state index contributed by atoms with van der Waals surface area (Å²) in [6, 6.07) is 0.0712. The van der Waals surface area contributed by atoms with Gasteiger partial charge in [0.15, 0.2) is 0 Å². The minimum atomic E-state index is -1.69. The first-order valence-electron chi connectivity index (χ1n) is 39.1. The van der Waals surface area contributed by atoms with Gasteiger partial charge in [0.05, 0.1) is 18.8 Å². The zero-order chi connectivity index (χ0) is 83.3. The summed E-state index contributed by atoms with van der Waals surface area (Å²) in [5.41, 5.74) is 13.1. The van der Waals surface area contributed by atoms with E-state index in [0.29, 0.717) is 56.2 Å². The molecule has 34 nitrogen and oxygen atoms in total. The number of benzene rings is 2. The summed E-state index contributed by atoms with van der Waals surface area (Å²) in [4.78, 5) is 192. The number of H-pyrrole nitrogens is 1. The molecule has 112 heavy (non-hydrogen) atoms. The second-order valence-electron chi connectivity index (χ2n) is 30.0. The third-order valence-corrected chi connectivity index (χ3v) is 19.8. The summed E-state index contributed by atoms with van der Waals surface area (Å²) in [5.74, 6) is -13.8. The SMILES string of the molecule is CCC(C)[C@H](NC(=O)[C@H](CCC(N)=O)NC(=O)C1CCCN1C(=O)CCCCCCCCCCCCCCC(=O)N[C@H](CO)C(=O)N[C@@H](C(=O)N[C@@H](C(=O)N[C@@H](CC(N)O)C(=O)N[C@@H](Cc1ccccc1)C(=O)O)C(C)C)C(C)O)C(=O)N[C@H](C(=O)N[C@@H](CC(C)C)C(=O)NC(Cc1c[nH]c2ccccc12)C(=O)O)C(C)O. The van der Waals surface area contributed by atoms with Crippen LogP contribution in [0.1, 0.15) is 201 Å². The maximum Gasteiger partial charge on any atom is 0.326 e. The summed E-state index contributed by atoms with van der Waals surface area (Å²) in [7, 11) is 0. The zero-order valence-electron chi connectivity index (χ0n) is 65.8. The smallest absolute Gasteiger partial charge is 0.326 e. The molecule has 15 atom stereocenters. The average molecular weight is 1580 g/mol. The highest BCUT2D eigenvalue weighted by Crippen LogP contribution is 2.23. The standard InChI is InChI=1S/C78H122N14O20/c1-9-46(6)65(74(106)91-66(47(7)94)75(107)84-54(38-44(2)3)69(101)87-57(78(111)112)40-50-42-81-52-31-26-25-30-51(50)52)89-68(100)53(35-36-60(79)96)83-72(104)59-32-27-37-92(59)63(99)34-24-19-17-15-13-11-10-12-14-16-18-23-33-62(98)82-58(43-93)71(103)90-67(48(8)95)76(108)88-64(45(4)5)73(105)85-55(41-61(80)97)70(102)86-56(77(109)110)39-49-28-21-20-22-29-49/h20-22,25-26,28-31,42,44-48,53-59,61,64-67,81,93-95,97H,9-19,23-24,27,32-41,43,80H2,1-8H3,(H2,79,96)(H,82,98)(H,83,104)(H,84,107)(H,85,105)(H,86,102)(H,87,101)(H,88,108)(H,89,100)(H,90,103)(H,91,106)(H,109,110)(H,111,112)/t46?,47?,48?,53-,54-,55-,56-,57?,58+,59?,61?,64+,65-,66-,67+/m0/s1. The van der Waals surface area contributed by atoms with Gasteiger partial charge in [-0.3, -0.25) is 57.5 Å². The highest BCUT2D eigenvalue weighted by molar-refractivity contribution is 5.99. The molecule has 0 bridgehead atoms. The van der Waals surface area contributed by atoms with Gasteiger partial charge in [-0.1, -0.05) is 161 Å². The number of likely N-dealkylation sites (tertiary alicyclic amines) is 1. The average Bonchev–Trinajstić information content (AvgIpc) is 1.66. The lowest BCUT2D eigenvalue weighted by Gasteiger charge is -2.30. The highest BCUT2D eigenvalue weighted by Gasteiger charge is 2.41. The van der Waals surface area contributed by atoms with Gasteiger partial charge in [-0.25, -0.2) is 9.59 Å². The Labute approximate surface area is 654 Å². The number of rotatable bonds is 53. The number of aromatic nitrogens is 1. The Balaban J connectivity index is 1.17. The van der Waals surface area contributed by atoms with Gasteiger partial charge < -0.3 is 105 Å². The van der Waals surface area contributed by atoms with E-state index in [1.54, 1.807) is 84.1 Å². The molecule has 3 aromatic rings. The summed E-state index contributed by atoms with van der Waals surface area (Å²) < 4.78 is 0. The molecule has 6 unspecified atom stereocenters. The molecule has 0 saturated carbocycles. The van der Waals surface area contributed by atoms with Crippen LogP contribution in [0.5, 0.6) is 0 Å². The molecule has 2 aromatic carbocycles. The molecule has 21 N–H and O–H groups in total. The van der Waals surface area contributed by atoms with Crippen molar-refractivity contribution in [2.75, 3.05) is 13.2 Å². The Morgan fingerprint density at radius 3 is 1.47 bits per heavy atom. The van der Waals surface area contributed by atoms with E-state index < -0.39 is 187 Å². The maximum atomic E-state index is 14.2. The number of para-hydroxylation sites is 1. The van der Waals surface area contributed by atoms with E-state index in [9.17, 15) is 97.8 Å². The number of carbonyl (C=O) groups is 14. The molecule has 1 fully saturated rings. The van der Waals surface area contributed by atoms with Crippen LogP contribution >= 0.6 is 0 Å². The number of aliphatic carboxylic acids is 2. The van der Waals surface area contributed by atoms with Crippen molar-refractivity contribution in [1.29, 1.82) is 0 Å². The number of unbranched alkanes of at least 4 members (excludes halogenated alkanes) is 11. The molecule has 12 amide bonds. The molecular formula is C78H122N14O20. The molecule has 0 radical (unpaired) electrons. The maximum absolute atomic E-state index is 14.2. The number of carbonyl (C=O) groups excluding carboxylic acids is 12. The molecule has 0 spiro atoms. The lowest BCUT2D eigenvalue weighted by molar-refractivity contribution is -0.143. The van der Waals surface area contributed by atoms with Crippen LogP contribution in [0.15, 0.2) is 60.8 Å². The quantitative estimate of drug-likeness (QED) is 0.0275. The van der Waals surface area contributed by atoms with Crippen LogP contribution < -0.4 is 64.6 Å². The van der Waals surface area contributed by atoms with Crippen molar-refractivity contribution in [2.24, 2.45) is 29.2 Å². The summed E-state index contributed by atoms with van der Waals surface area (Å²) in [6.45, 7) is 12.0. The minimum Gasteiger partial charge on any atom is -0.480 e. The van der Waals surface area contributed by atoms with E-state index >= 15 is 0 Å². The van der Waals surface area contributed by atoms with E-state index in [-0.39, 0.29) is 56.8 Å². The number of nitrogens with two attached hydrogens (primary N) is 2. The predicted octanol–water partition coefficient (Wildman–Crippen LogP) is 0.857. The topological polar surface area (TPSA) is 552 Å². The van der Waals surface area contributed by atoms with Crippen LogP contribution in [-0.4, -0.2) is 221 Å². The first kappa shape index (κ1) is 94.7. The molecule has 1 aliphatic heterocycles. The zero-order valence-corrected chi connectivity index (χ0v) is 65.8. The fraction of sp³-hybridized carbons (Fsp3) is 0.641. The molecule has 4 rings (SSSR count). The summed E-state index contributed by atoms with van der Waals surface area (Å²) in [6.07, 6.45) is 7.20. The van der Waals surface area contributed by atoms with Crippen molar-refractivity contribution in [2.45, 2.75) is 288 Å². The Kier molecular flexibility index (Phi) is 41.4. The first-order chi connectivity index (χ1) is 53.1. The van der Waals surface area contributed by atoms with Crippen LogP contribution in [0.25, 0.3) is 10.9 Å². The van der Waals surface area contributed by atoms with Gasteiger partial charge in [0.25, 0.3) is 0 Å². The molecule has 1 saturated heterocycles. The van der Waals surface area contributed by atoms with Gasteiger partial charge in [-0.2, -0.15) is 0 Å². The molecule has 624 valence electrons. The minimum absolute atomic E-state index is 0.0372. The van der Waals surface area contributed by atoms with E-state index in [2.05, 4.69) is 58.2 Å². The first-order valence-corrected chi connectivity index (χ1v) is 39.1. The predicted molar refractivity (Wildman–Crippen MR) is 414 cm³/mol. The van der Waals surface area contributed by atoms with E-state index in [0.717, 1.165) is 68.7 Å². The monoisotopic (exact) mass is 1570 g/mol. The molecule has 2 heterocycles. The number of primary amides is 1. The van der Waals surface area contributed by atoms with Crippen molar-refractivity contribution < 1.29 is 97.8 Å². The molecule has 0 aliphatic carbocycles. The molecule has 34 heteroatoms. The van der Waals surface area contributed by atoms with Crippen molar-refractivity contribution in [1.82, 2.24) is 63.1 Å². The van der Waals surface area contributed by atoms with Gasteiger partial charge in [0, 0.05) is 62.2 Å². The number of nitrogens with zero attached hydrogens (tertiary/aromatic N) is 1. The number of nitrogens with one attached hydrogen (secondary N) is 11. The second-order valence-corrected chi connectivity index (χ2v) is 30.0. The van der Waals surface area contributed by atoms with Gasteiger partial charge in [0.2, 0.25) is 70.9 Å².